The number of carboxylic acid groups (broad SMARTS) is 1. The van der Waals surface area contributed by atoms with Crippen LogP contribution in [0, 0.1) is 0 Å². The van der Waals surface area contributed by atoms with Crippen molar-refractivity contribution in [1.82, 2.24) is 4.98 Å². The zero-order valence-electron chi connectivity index (χ0n) is 14.1. The summed E-state index contributed by atoms with van der Waals surface area (Å²) in [6.45, 7) is 2.20. The number of rotatable bonds is 5. The van der Waals surface area contributed by atoms with Gasteiger partial charge in [-0.3, -0.25) is 4.79 Å². The van der Waals surface area contributed by atoms with Gasteiger partial charge in [-0.2, -0.15) is 0 Å². The normalized spacial score (nSPS) is 11.4. The van der Waals surface area contributed by atoms with Crippen LogP contribution in [0.4, 0.5) is 0 Å². The third-order valence-corrected chi connectivity index (χ3v) is 5.71. The van der Waals surface area contributed by atoms with Gasteiger partial charge in [0.05, 0.1) is 22.6 Å². The summed E-state index contributed by atoms with van der Waals surface area (Å²) in [5.74, 6) is -1.49. The minimum absolute atomic E-state index is 0.0167. The first-order valence-electron chi connectivity index (χ1n) is 7.86. The monoisotopic (exact) mass is 389 g/mol. The SMILES string of the molecule is CCOc1ccc(S(=O)(=O)c2c(O)c3ccc(C(=O)O)cc3[nH]c2=O)cc1. The summed E-state index contributed by atoms with van der Waals surface area (Å²) in [5, 5.41) is 19.5. The highest BCUT2D eigenvalue weighted by molar-refractivity contribution is 7.91. The largest absolute Gasteiger partial charge is 0.506 e. The Morgan fingerprint density at radius 3 is 2.41 bits per heavy atom. The van der Waals surface area contributed by atoms with Gasteiger partial charge in [0.25, 0.3) is 5.56 Å². The van der Waals surface area contributed by atoms with E-state index in [1.165, 1.54) is 36.4 Å². The Morgan fingerprint density at radius 1 is 1.15 bits per heavy atom. The van der Waals surface area contributed by atoms with Crippen LogP contribution in [-0.2, 0) is 9.84 Å². The second kappa shape index (κ2) is 6.76. The Labute approximate surface area is 153 Å². The smallest absolute Gasteiger partial charge is 0.335 e. The van der Waals surface area contributed by atoms with Gasteiger partial charge in [-0.15, -0.1) is 0 Å². The molecule has 140 valence electrons. The quantitative estimate of drug-likeness (QED) is 0.609. The molecule has 1 aromatic heterocycles. The lowest BCUT2D eigenvalue weighted by molar-refractivity contribution is 0.0697. The van der Waals surface area contributed by atoms with Gasteiger partial charge in [-0.1, -0.05) is 0 Å². The molecule has 9 heteroatoms. The Morgan fingerprint density at radius 2 is 1.81 bits per heavy atom. The molecule has 0 spiro atoms. The van der Waals surface area contributed by atoms with E-state index < -0.39 is 32.0 Å². The van der Waals surface area contributed by atoms with E-state index in [0.29, 0.717) is 12.4 Å². The van der Waals surface area contributed by atoms with Crippen LogP contribution < -0.4 is 10.3 Å². The molecule has 0 aliphatic carbocycles. The van der Waals surface area contributed by atoms with Gasteiger partial charge < -0.3 is 19.9 Å². The van der Waals surface area contributed by atoms with E-state index in [0.717, 1.165) is 6.07 Å². The summed E-state index contributed by atoms with van der Waals surface area (Å²) in [6, 6.07) is 9.03. The van der Waals surface area contributed by atoms with Crippen LogP contribution in [-0.4, -0.2) is 36.2 Å². The third kappa shape index (κ3) is 3.24. The topological polar surface area (TPSA) is 134 Å². The van der Waals surface area contributed by atoms with Gasteiger partial charge >= 0.3 is 5.97 Å². The molecule has 27 heavy (non-hydrogen) atoms. The van der Waals surface area contributed by atoms with E-state index >= 15 is 0 Å². The van der Waals surface area contributed by atoms with Crippen LogP contribution in [0.15, 0.2) is 57.1 Å². The van der Waals surface area contributed by atoms with Crippen LogP contribution >= 0.6 is 0 Å². The van der Waals surface area contributed by atoms with Gasteiger partial charge in [0, 0.05) is 5.39 Å². The first-order chi connectivity index (χ1) is 12.8. The zero-order valence-corrected chi connectivity index (χ0v) is 14.9. The van der Waals surface area contributed by atoms with Crippen molar-refractivity contribution in [2.75, 3.05) is 6.61 Å². The Hall–Kier alpha value is -3.33. The van der Waals surface area contributed by atoms with Gasteiger partial charge in [-0.05, 0) is 49.4 Å². The highest BCUT2D eigenvalue weighted by Crippen LogP contribution is 2.32. The van der Waals surface area contributed by atoms with Crippen molar-refractivity contribution in [3.05, 3.63) is 58.4 Å². The fourth-order valence-electron chi connectivity index (χ4n) is 2.64. The molecule has 8 nitrogen and oxygen atoms in total. The number of carbonyl (C=O) groups is 1. The molecule has 0 aliphatic heterocycles. The number of hydrogen-bond acceptors (Lipinski definition) is 6. The fraction of sp³-hybridized carbons (Fsp3) is 0.111. The maximum absolute atomic E-state index is 12.8. The molecule has 0 aliphatic rings. The maximum atomic E-state index is 12.8. The lowest BCUT2D eigenvalue weighted by atomic mass is 10.1. The average Bonchev–Trinajstić information content (AvgIpc) is 2.61. The first-order valence-corrected chi connectivity index (χ1v) is 9.34. The summed E-state index contributed by atoms with van der Waals surface area (Å²) < 4.78 is 31.0. The molecule has 2 aromatic carbocycles. The van der Waals surface area contributed by atoms with Crippen molar-refractivity contribution in [1.29, 1.82) is 0 Å². The van der Waals surface area contributed by atoms with E-state index in [-0.39, 0.29) is 21.4 Å². The minimum atomic E-state index is -4.32. The maximum Gasteiger partial charge on any atom is 0.335 e. The number of hydrogen-bond donors (Lipinski definition) is 3. The fourth-order valence-corrected chi connectivity index (χ4v) is 4.03. The number of pyridine rings is 1. The number of sulfone groups is 1. The van der Waals surface area contributed by atoms with Crippen LogP contribution in [0.3, 0.4) is 0 Å². The average molecular weight is 389 g/mol. The lowest BCUT2D eigenvalue weighted by Crippen LogP contribution is -2.18. The van der Waals surface area contributed by atoms with E-state index in [2.05, 4.69) is 4.98 Å². The summed E-state index contributed by atoms with van der Waals surface area (Å²) in [7, 11) is -4.32. The number of aromatic carboxylic acids is 1. The van der Waals surface area contributed by atoms with Crippen molar-refractivity contribution in [2.45, 2.75) is 16.7 Å². The molecule has 0 fully saturated rings. The Bertz CT molecular complexity index is 1190. The Kier molecular flexibility index (Phi) is 4.63. The summed E-state index contributed by atoms with van der Waals surface area (Å²) in [4.78, 5) is 24.7. The molecular weight excluding hydrogens is 374 g/mol. The molecule has 0 radical (unpaired) electrons. The van der Waals surface area contributed by atoms with Gasteiger partial charge in [0.1, 0.15) is 11.5 Å². The number of H-pyrrole nitrogens is 1. The number of aromatic nitrogens is 1. The summed E-state index contributed by atoms with van der Waals surface area (Å²) >= 11 is 0. The molecule has 3 aromatic rings. The van der Waals surface area contributed by atoms with Gasteiger partial charge in [0.2, 0.25) is 9.84 Å². The van der Waals surface area contributed by atoms with Crippen molar-refractivity contribution in [3.8, 4) is 11.5 Å². The highest BCUT2D eigenvalue weighted by Gasteiger charge is 2.27. The standard InChI is InChI=1S/C18H15NO7S/c1-2-26-11-4-6-12(7-5-11)27(24,25)16-15(20)13-8-3-10(18(22)23)9-14(13)19-17(16)21/h3-9H,2H2,1H3,(H,22,23)(H2,19,20,21). The summed E-state index contributed by atoms with van der Waals surface area (Å²) in [6.07, 6.45) is 0. The number of nitrogens with one attached hydrogen (secondary N) is 1. The first kappa shape index (κ1) is 18.5. The molecule has 0 unspecified atom stereocenters. The van der Waals surface area contributed by atoms with E-state index in [1.54, 1.807) is 6.92 Å². The van der Waals surface area contributed by atoms with Gasteiger partial charge in [-0.25, -0.2) is 13.2 Å². The molecule has 0 saturated carbocycles. The van der Waals surface area contributed by atoms with Crippen molar-refractivity contribution < 1.29 is 28.2 Å². The van der Waals surface area contributed by atoms with Crippen LogP contribution in [0.5, 0.6) is 11.5 Å². The Balaban J connectivity index is 2.19. The van der Waals surface area contributed by atoms with E-state index in [9.17, 15) is 23.1 Å². The number of aromatic hydroxyl groups is 1. The molecule has 0 amide bonds. The van der Waals surface area contributed by atoms with Crippen LogP contribution in [0.1, 0.15) is 17.3 Å². The molecule has 1 heterocycles. The predicted molar refractivity (Wildman–Crippen MR) is 96.3 cm³/mol. The van der Waals surface area contributed by atoms with Crippen LogP contribution in [0.25, 0.3) is 10.9 Å². The van der Waals surface area contributed by atoms with Gasteiger partial charge in [0.15, 0.2) is 4.90 Å². The second-order valence-electron chi connectivity index (χ2n) is 5.61. The molecule has 0 saturated heterocycles. The molecule has 0 atom stereocenters. The number of benzene rings is 2. The van der Waals surface area contributed by atoms with Crippen molar-refractivity contribution in [2.24, 2.45) is 0 Å². The summed E-state index contributed by atoms with van der Waals surface area (Å²) in [5.41, 5.74) is -1.14. The number of ether oxygens (including phenoxy) is 1. The van der Waals surface area contributed by atoms with Crippen LogP contribution in [0.2, 0.25) is 0 Å². The van der Waals surface area contributed by atoms with Crippen molar-refractivity contribution in [3.63, 3.8) is 0 Å². The van der Waals surface area contributed by atoms with Crippen molar-refractivity contribution >= 4 is 26.7 Å². The van der Waals surface area contributed by atoms with E-state index in [1.807, 2.05) is 0 Å². The molecular formula is C18H15NO7S. The van der Waals surface area contributed by atoms with E-state index in [4.69, 9.17) is 9.84 Å². The lowest BCUT2D eigenvalue weighted by Gasteiger charge is -2.10. The minimum Gasteiger partial charge on any atom is -0.506 e. The highest BCUT2D eigenvalue weighted by atomic mass is 32.2. The second-order valence-corrected chi connectivity index (χ2v) is 7.49. The zero-order chi connectivity index (χ0) is 19.8. The third-order valence-electron chi connectivity index (χ3n) is 3.90. The molecule has 3 rings (SSSR count). The number of aromatic amines is 1. The molecule has 3 N–H and O–H groups in total. The predicted octanol–water partition coefficient (Wildman–Crippen LogP) is 2.16. The number of carboxylic acids is 1. The molecule has 0 bridgehead atoms. The number of fused-ring (bicyclic) bond motifs is 1.